The lowest BCUT2D eigenvalue weighted by Crippen LogP contribution is -2.41. The van der Waals surface area contributed by atoms with Crippen molar-refractivity contribution < 1.29 is 18.1 Å². The van der Waals surface area contributed by atoms with E-state index in [0.717, 1.165) is 16.7 Å². The van der Waals surface area contributed by atoms with E-state index < -0.39 is 18.3 Å². The lowest BCUT2D eigenvalue weighted by molar-refractivity contribution is 0.00578. The fraction of sp³-hybridized carbons (Fsp3) is 0.571. The van der Waals surface area contributed by atoms with E-state index >= 15 is 0 Å². The average Bonchev–Trinajstić information content (AvgIpc) is 2.89. The van der Waals surface area contributed by atoms with Crippen molar-refractivity contribution in [2.45, 2.75) is 51.7 Å². The third-order valence-corrected chi connectivity index (χ3v) is 4.44. The Labute approximate surface area is 112 Å². The van der Waals surface area contributed by atoms with Crippen molar-refractivity contribution in [2.24, 2.45) is 0 Å². The van der Waals surface area contributed by atoms with Crippen LogP contribution >= 0.6 is 0 Å². The molecule has 2 aliphatic rings. The van der Waals surface area contributed by atoms with Crippen LogP contribution in [0.1, 0.15) is 38.8 Å². The summed E-state index contributed by atoms with van der Waals surface area (Å²) < 4.78 is 31.1. The zero-order valence-electron chi connectivity index (χ0n) is 11.7. The highest BCUT2D eigenvalue weighted by Crippen LogP contribution is 2.40. The molecule has 3 rings (SSSR count). The molecule has 0 atom stereocenters. The van der Waals surface area contributed by atoms with Crippen molar-refractivity contribution in [3.63, 3.8) is 0 Å². The second-order valence-electron chi connectivity index (χ2n) is 6.32. The number of rotatable bonds is 1. The van der Waals surface area contributed by atoms with Gasteiger partial charge in [0.05, 0.1) is 23.7 Å². The van der Waals surface area contributed by atoms with Gasteiger partial charge in [-0.05, 0) is 57.2 Å². The van der Waals surface area contributed by atoms with Crippen LogP contribution in [0.25, 0.3) is 0 Å². The molecule has 0 amide bonds. The van der Waals surface area contributed by atoms with Crippen molar-refractivity contribution >= 4 is 7.12 Å². The molecule has 1 aliphatic heterocycles. The minimum atomic E-state index is -0.888. The number of furan rings is 1. The van der Waals surface area contributed by atoms with Crippen LogP contribution in [-0.2, 0) is 22.2 Å². The number of halogens is 1. The largest absolute Gasteiger partial charge is 0.525 e. The first-order valence-corrected chi connectivity index (χ1v) is 6.57. The van der Waals surface area contributed by atoms with Gasteiger partial charge in [-0.15, -0.1) is 0 Å². The second-order valence-corrected chi connectivity index (χ2v) is 6.32. The number of hydrogen-bond acceptors (Lipinski definition) is 3. The van der Waals surface area contributed by atoms with E-state index in [-0.39, 0.29) is 5.73 Å². The molecule has 0 saturated carbocycles. The van der Waals surface area contributed by atoms with Gasteiger partial charge in [0.1, 0.15) is 5.73 Å². The summed E-state index contributed by atoms with van der Waals surface area (Å²) in [6, 6.07) is 0. The summed E-state index contributed by atoms with van der Waals surface area (Å²) in [7, 11) is -0.888. The maximum Gasteiger partial charge on any atom is 0.525 e. The van der Waals surface area contributed by atoms with E-state index in [9.17, 15) is 4.39 Å². The number of allylic oxidation sites excluding steroid dienone is 1. The van der Waals surface area contributed by atoms with Crippen LogP contribution in [0.2, 0.25) is 0 Å². The highest BCUT2D eigenvalue weighted by atomic mass is 19.1. The molecule has 1 fully saturated rings. The Bertz CT molecular complexity index is 506. The monoisotopic (exact) mass is 264 g/mol. The molecule has 19 heavy (non-hydrogen) atoms. The zero-order valence-corrected chi connectivity index (χ0v) is 11.7. The molecule has 2 heterocycles. The van der Waals surface area contributed by atoms with Crippen LogP contribution in [0.3, 0.4) is 0 Å². The van der Waals surface area contributed by atoms with Gasteiger partial charge in [-0.3, -0.25) is 0 Å². The molecule has 1 aliphatic carbocycles. The molecule has 0 unspecified atom stereocenters. The van der Waals surface area contributed by atoms with Gasteiger partial charge in [-0.1, -0.05) is 0 Å². The Morgan fingerprint density at radius 1 is 1.05 bits per heavy atom. The van der Waals surface area contributed by atoms with E-state index in [4.69, 9.17) is 13.7 Å². The summed E-state index contributed by atoms with van der Waals surface area (Å²) in [6.07, 6.45) is 4.53. The molecule has 1 aromatic heterocycles. The predicted molar refractivity (Wildman–Crippen MR) is 70.3 cm³/mol. The van der Waals surface area contributed by atoms with E-state index in [0.29, 0.717) is 12.8 Å². The van der Waals surface area contributed by atoms with Crippen LogP contribution < -0.4 is 0 Å². The van der Waals surface area contributed by atoms with Gasteiger partial charge in [0, 0.05) is 0 Å². The fourth-order valence-electron chi connectivity index (χ4n) is 2.46. The number of fused-ring (bicyclic) bond motifs is 1. The van der Waals surface area contributed by atoms with E-state index in [1.54, 1.807) is 12.5 Å². The molecule has 5 heteroatoms. The predicted octanol–water partition coefficient (Wildman–Crippen LogP) is 3.23. The summed E-state index contributed by atoms with van der Waals surface area (Å²) in [6.45, 7) is 7.70. The van der Waals surface area contributed by atoms with Crippen molar-refractivity contribution in [2.75, 3.05) is 0 Å². The highest BCUT2D eigenvalue weighted by molar-refractivity contribution is 6.53. The van der Waals surface area contributed by atoms with Crippen LogP contribution in [0.5, 0.6) is 0 Å². The first-order valence-electron chi connectivity index (χ1n) is 6.57. The molecule has 0 spiro atoms. The summed E-state index contributed by atoms with van der Waals surface area (Å²) in [5, 5.41) is 0. The van der Waals surface area contributed by atoms with Crippen LogP contribution in [0.4, 0.5) is 4.39 Å². The quantitative estimate of drug-likeness (QED) is 0.730. The molecule has 0 radical (unpaired) electrons. The molecule has 0 N–H and O–H groups in total. The zero-order chi connectivity index (χ0) is 13.8. The molecule has 1 aromatic rings. The van der Waals surface area contributed by atoms with Gasteiger partial charge in [-0.2, -0.15) is 0 Å². The summed E-state index contributed by atoms with van der Waals surface area (Å²) in [5.74, 6) is 0. The van der Waals surface area contributed by atoms with Gasteiger partial charge < -0.3 is 13.7 Å². The van der Waals surface area contributed by atoms with E-state index in [1.807, 2.05) is 27.7 Å². The lowest BCUT2D eigenvalue weighted by atomic mass is 9.84. The Hall–Kier alpha value is -1.07. The van der Waals surface area contributed by atoms with Crippen molar-refractivity contribution in [1.82, 2.24) is 0 Å². The van der Waals surface area contributed by atoms with Gasteiger partial charge >= 0.3 is 7.12 Å². The Morgan fingerprint density at radius 2 is 1.53 bits per heavy atom. The van der Waals surface area contributed by atoms with Crippen LogP contribution in [0.15, 0.2) is 28.2 Å². The van der Waals surface area contributed by atoms with Gasteiger partial charge in [-0.25, -0.2) is 4.39 Å². The van der Waals surface area contributed by atoms with Crippen LogP contribution in [-0.4, -0.2) is 18.3 Å². The first kappa shape index (κ1) is 12.9. The third kappa shape index (κ3) is 1.96. The molecule has 3 nitrogen and oxygen atoms in total. The van der Waals surface area contributed by atoms with Crippen molar-refractivity contribution in [3.8, 4) is 0 Å². The second kappa shape index (κ2) is 3.96. The Balaban J connectivity index is 1.83. The molecule has 0 aromatic carbocycles. The topological polar surface area (TPSA) is 31.6 Å². The minimum absolute atomic E-state index is 0.283. The maximum absolute atomic E-state index is 14.5. The third-order valence-electron chi connectivity index (χ3n) is 4.44. The normalized spacial score (nSPS) is 23.8. The molecule has 102 valence electrons. The van der Waals surface area contributed by atoms with Gasteiger partial charge in [0.15, 0.2) is 0 Å². The van der Waals surface area contributed by atoms with Gasteiger partial charge in [0.2, 0.25) is 0 Å². The smallest absolute Gasteiger partial charge is 0.472 e. The molecule has 1 saturated heterocycles. The number of hydrogen-bond donors (Lipinski definition) is 0. The molecular formula is C14H18BFO3. The van der Waals surface area contributed by atoms with Gasteiger partial charge in [0.25, 0.3) is 0 Å². The Morgan fingerprint density at radius 3 is 2.00 bits per heavy atom. The lowest BCUT2D eigenvalue weighted by Gasteiger charge is -2.32. The standard InChI is InChI=1S/C14H18BFO3/c1-13(2)14(3,4)19-15(18-13)12(16)9-5-10-7-17-8-11(10)6-9/h7-8H,5-6H2,1-4H3. The maximum atomic E-state index is 14.5. The summed E-state index contributed by atoms with van der Waals surface area (Å²) in [5.41, 5.74) is 1.55. The average molecular weight is 264 g/mol. The molecule has 0 bridgehead atoms. The first-order chi connectivity index (χ1) is 8.80. The fourth-order valence-corrected chi connectivity index (χ4v) is 2.46. The van der Waals surface area contributed by atoms with E-state index in [2.05, 4.69) is 0 Å². The minimum Gasteiger partial charge on any atom is -0.472 e. The van der Waals surface area contributed by atoms with Crippen LogP contribution in [0, 0.1) is 0 Å². The van der Waals surface area contributed by atoms with E-state index in [1.165, 1.54) is 0 Å². The SMILES string of the molecule is CC1(C)OB(C(F)=C2Cc3cocc3C2)OC1(C)C. The summed E-state index contributed by atoms with van der Waals surface area (Å²) in [4.78, 5) is 0. The van der Waals surface area contributed by atoms with Crippen molar-refractivity contribution in [1.29, 1.82) is 0 Å². The van der Waals surface area contributed by atoms with Crippen molar-refractivity contribution in [3.05, 3.63) is 35.0 Å². The highest BCUT2D eigenvalue weighted by Gasteiger charge is 2.53. The summed E-state index contributed by atoms with van der Waals surface area (Å²) >= 11 is 0. The molecular weight excluding hydrogens is 246 g/mol. The Kier molecular flexibility index (Phi) is 2.70.